The molecule has 0 aliphatic heterocycles. The molecule has 0 saturated carbocycles. The molecule has 0 atom stereocenters. The molecule has 0 unspecified atom stereocenters. The molecule has 0 fully saturated rings. The van der Waals surface area contributed by atoms with Gasteiger partial charge in [0.1, 0.15) is 0 Å². The third-order valence-corrected chi connectivity index (χ3v) is 2.43. The van der Waals surface area contributed by atoms with Crippen molar-refractivity contribution in [1.82, 2.24) is 0 Å². The van der Waals surface area contributed by atoms with Crippen LogP contribution in [0, 0.1) is 6.07 Å². The molecule has 1 aromatic carbocycles. The summed E-state index contributed by atoms with van der Waals surface area (Å²) in [5.41, 5.74) is 1.14. The highest BCUT2D eigenvalue weighted by Crippen LogP contribution is 2.23. The normalized spacial score (nSPS) is 11.7. The fourth-order valence-electron chi connectivity index (χ4n) is 1.58. The molecule has 0 aromatic heterocycles. The zero-order chi connectivity index (χ0) is 11.9. The van der Waals surface area contributed by atoms with Crippen LogP contribution in [0.1, 0.15) is 37.7 Å². The van der Waals surface area contributed by atoms with E-state index in [2.05, 4.69) is 6.07 Å². The molecule has 0 aliphatic rings. The number of hydrogen-bond donors (Lipinski definition) is 0. The maximum Gasteiger partial charge on any atom is 0.389 e. The van der Waals surface area contributed by atoms with Gasteiger partial charge in [0.25, 0.3) is 0 Å². The first-order chi connectivity index (χ1) is 7.58. The monoisotopic (exact) mass is 229 g/mol. The van der Waals surface area contributed by atoms with Crippen molar-refractivity contribution in [2.45, 2.75) is 44.7 Å². The first-order valence-corrected chi connectivity index (χ1v) is 5.60. The van der Waals surface area contributed by atoms with E-state index in [1.54, 1.807) is 0 Å². The molecule has 0 spiro atoms. The van der Waals surface area contributed by atoms with Gasteiger partial charge in [0.2, 0.25) is 0 Å². The fourth-order valence-corrected chi connectivity index (χ4v) is 1.58. The Kier molecular flexibility index (Phi) is 5.36. The van der Waals surface area contributed by atoms with Crippen LogP contribution in [-0.2, 0) is 6.42 Å². The molecule has 0 amide bonds. The van der Waals surface area contributed by atoms with Crippen molar-refractivity contribution in [3.63, 3.8) is 0 Å². The van der Waals surface area contributed by atoms with Crippen LogP contribution in [0.25, 0.3) is 0 Å². The van der Waals surface area contributed by atoms with E-state index in [1.165, 1.54) is 0 Å². The van der Waals surface area contributed by atoms with Gasteiger partial charge in [-0.1, -0.05) is 37.1 Å². The van der Waals surface area contributed by atoms with Gasteiger partial charge < -0.3 is 0 Å². The molecule has 1 aromatic rings. The van der Waals surface area contributed by atoms with Gasteiger partial charge in [0.15, 0.2) is 0 Å². The van der Waals surface area contributed by atoms with Crippen LogP contribution < -0.4 is 0 Å². The maximum absolute atomic E-state index is 11.8. The second-order valence-electron chi connectivity index (χ2n) is 3.92. The Morgan fingerprint density at radius 1 is 1.00 bits per heavy atom. The Hall–Kier alpha value is -0.990. The van der Waals surface area contributed by atoms with E-state index in [4.69, 9.17) is 0 Å². The minimum Gasteiger partial charge on any atom is -0.171 e. The van der Waals surface area contributed by atoms with Crippen LogP contribution >= 0.6 is 0 Å². The SMILES string of the molecule is FC(F)(F)CCCCCCc1[c]cccc1. The van der Waals surface area contributed by atoms with Crippen LogP contribution in [0.15, 0.2) is 24.3 Å². The molecule has 0 bridgehead atoms. The molecule has 1 rings (SSSR count). The van der Waals surface area contributed by atoms with E-state index in [0.717, 1.165) is 24.8 Å². The Balaban J connectivity index is 2.01. The number of alkyl halides is 3. The quantitative estimate of drug-likeness (QED) is 0.628. The Labute approximate surface area is 94.5 Å². The van der Waals surface area contributed by atoms with Crippen molar-refractivity contribution in [1.29, 1.82) is 0 Å². The summed E-state index contributed by atoms with van der Waals surface area (Å²) in [6.07, 6.45) is -1.02. The molecule has 0 N–H and O–H groups in total. The zero-order valence-electron chi connectivity index (χ0n) is 9.19. The van der Waals surface area contributed by atoms with Gasteiger partial charge in [-0.3, -0.25) is 0 Å². The van der Waals surface area contributed by atoms with E-state index in [9.17, 15) is 13.2 Å². The van der Waals surface area contributed by atoms with Crippen LogP contribution in [-0.4, -0.2) is 6.18 Å². The van der Waals surface area contributed by atoms with Crippen molar-refractivity contribution in [3.05, 3.63) is 35.9 Å². The van der Waals surface area contributed by atoms with Gasteiger partial charge >= 0.3 is 6.18 Å². The first-order valence-electron chi connectivity index (χ1n) is 5.60. The molecule has 89 valence electrons. The smallest absolute Gasteiger partial charge is 0.171 e. The third kappa shape index (κ3) is 6.49. The average molecular weight is 229 g/mol. The van der Waals surface area contributed by atoms with E-state index >= 15 is 0 Å². The highest BCUT2D eigenvalue weighted by atomic mass is 19.4. The van der Waals surface area contributed by atoms with Crippen LogP contribution in [0.3, 0.4) is 0 Å². The minimum absolute atomic E-state index is 0.252. The molecule has 0 aliphatic carbocycles. The molecular weight excluding hydrogens is 213 g/mol. The number of rotatable bonds is 6. The summed E-state index contributed by atoms with van der Waals surface area (Å²) in [6, 6.07) is 10.8. The van der Waals surface area contributed by atoms with Gasteiger partial charge in [0, 0.05) is 6.42 Å². The third-order valence-electron chi connectivity index (χ3n) is 2.43. The van der Waals surface area contributed by atoms with Gasteiger partial charge in [-0.25, -0.2) is 0 Å². The van der Waals surface area contributed by atoms with Gasteiger partial charge in [-0.15, -0.1) is 0 Å². The molecule has 1 radical (unpaired) electrons. The number of aryl methyl sites for hydroxylation is 1. The topological polar surface area (TPSA) is 0 Å². The summed E-state index contributed by atoms with van der Waals surface area (Å²) in [6.45, 7) is 0. The predicted molar refractivity (Wildman–Crippen MR) is 58.1 cm³/mol. The Morgan fingerprint density at radius 3 is 2.38 bits per heavy atom. The molecular formula is C13H16F3. The molecule has 0 heterocycles. The lowest BCUT2D eigenvalue weighted by Gasteiger charge is -2.05. The molecule has 0 nitrogen and oxygen atoms in total. The number of unbranched alkanes of at least 4 members (excludes halogenated alkanes) is 3. The van der Waals surface area contributed by atoms with E-state index < -0.39 is 12.6 Å². The van der Waals surface area contributed by atoms with Crippen molar-refractivity contribution in [2.24, 2.45) is 0 Å². The fraction of sp³-hybridized carbons (Fsp3) is 0.538. The van der Waals surface area contributed by atoms with Gasteiger partial charge in [-0.2, -0.15) is 13.2 Å². The zero-order valence-corrected chi connectivity index (χ0v) is 9.19. The lowest BCUT2D eigenvalue weighted by atomic mass is 10.1. The van der Waals surface area contributed by atoms with Crippen LogP contribution in [0.4, 0.5) is 13.2 Å². The highest BCUT2D eigenvalue weighted by molar-refractivity contribution is 5.12. The van der Waals surface area contributed by atoms with E-state index in [-0.39, 0.29) is 6.42 Å². The number of hydrogen-bond acceptors (Lipinski definition) is 0. The largest absolute Gasteiger partial charge is 0.389 e. The minimum atomic E-state index is -3.99. The predicted octanol–water partition coefficient (Wildman–Crippen LogP) is 4.54. The summed E-state index contributed by atoms with van der Waals surface area (Å²) < 4.78 is 35.5. The van der Waals surface area contributed by atoms with E-state index in [1.807, 2.05) is 24.3 Å². The summed E-state index contributed by atoms with van der Waals surface area (Å²) in [7, 11) is 0. The summed E-state index contributed by atoms with van der Waals surface area (Å²) in [4.78, 5) is 0. The molecule has 3 heteroatoms. The summed E-state index contributed by atoms with van der Waals surface area (Å²) >= 11 is 0. The number of halogens is 3. The second-order valence-corrected chi connectivity index (χ2v) is 3.92. The van der Waals surface area contributed by atoms with Crippen molar-refractivity contribution in [3.8, 4) is 0 Å². The second kappa shape index (κ2) is 6.56. The molecule has 16 heavy (non-hydrogen) atoms. The van der Waals surface area contributed by atoms with Gasteiger partial charge in [-0.05, 0) is 30.9 Å². The summed E-state index contributed by atoms with van der Waals surface area (Å²) in [5, 5.41) is 0. The standard InChI is InChI=1S/C13H16F3/c14-13(15,16)11-7-2-1-4-8-12-9-5-3-6-10-12/h3,5-6,9H,1-2,4,7-8,11H2. The van der Waals surface area contributed by atoms with Crippen LogP contribution in [0.2, 0.25) is 0 Å². The highest BCUT2D eigenvalue weighted by Gasteiger charge is 2.25. The van der Waals surface area contributed by atoms with Crippen molar-refractivity contribution < 1.29 is 13.2 Å². The summed E-state index contributed by atoms with van der Waals surface area (Å²) in [5.74, 6) is 0. The van der Waals surface area contributed by atoms with Crippen molar-refractivity contribution >= 4 is 0 Å². The Morgan fingerprint density at radius 2 is 1.75 bits per heavy atom. The Bertz CT molecular complexity index is 277. The van der Waals surface area contributed by atoms with Crippen LogP contribution in [0.5, 0.6) is 0 Å². The number of benzene rings is 1. The lowest BCUT2D eigenvalue weighted by Crippen LogP contribution is -2.06. The average Bonchev–Trinajstić information content (AvgIpc) is 2.23. The lowest BCUT2D eigenvalue weighted by molar-refractivity contribution is -0.135. The van der Waals surface area contributed by atoms with E-state index in [0.29, 0.717) is 6.42 Å². The van der Waals surface area contributed by atoms with Crippen molar-refractivity contribution in [2.75, 3.05) is 0 Å². The maximum atomic E-state index is 11.8. The molecule has 0 saturated heterocycles. The van der Waals surface area contributed by atoms with Gasteiger partial charge in [0.05, 0.1) is 0 Å². The first kappa shape index (κ1) is 13.1.